The molecule has 0 atom stereocenters. The lowest BCUT2D eigenvalue weighted by atomic mass is 10.2. The van der Waals surface area contributed by atoms with Crippen LogP contribution in [0.25, 0.3) is 11.4 Å². The van der Waals surface area contributed by atoms with E-state index in [-0.39, 0.29) is 0 Å². The molecule has 0 unspecified atom stereocenters. The monoisotopic (exact) mass is 288 g/mol. The van der Waals surface area contributed by atoms with Gasteiger partial charge in [0, 0.05) is 25.0 Å². The van der Waals surface area contributed by atoms with Crippen LogP contribution in [-0.4, -0.2) is 24.7 Å². The van der Waals surface area contributed by atoms with Gasteiger partial charge in [-0.2, -0.15) is 5.10 Å². The Kier molecular flexibility index (Phi) is 3.15. The number of H-pyrrole nitrogens is 1. The van der Waals surface area contributed by atoms with E-state index in [9.17, 15) is 0 Å². The Balaban J connectivity index is 1.86. The number of aromatic nitrogens is 5. The fourth-order valence-electron chi connectivity index (χ4n) is 1.90. The molecule has 102 valence electrons. The number of nitrogens with two attached hydrogens (primary N) is 1. The largest absolute Gasteiger partial charge is 0.398 e. The molecule has 0 spiro atoms. The van der Waals surface area contributed by atoms with Gasteiger partial charge >= 0.3 is 0 Å². The molecule has 0 aliphatic carbocycles. The number of nitrogen functional groups attached to an aromatic ring is 1. The van der Waals surface area contributed by atoms with Crippen LogP contribution in [0.5, 0.6) is 0 Å². The van der Waals surface area contributed by atoms with E-state index in [4.69, 9.17) is 17.3 Å². The van der Waals surface area contributed by atoms with Crippen LogP contribution in [0.1, 0.15) is 11.6 Å². The number of hydrogen-bond acceptors (Lipinski definition) is 4. The Bertz CT molecular complexity index is 745. The zero-order chi connectivity index (χ0) is 14.1. The summed E-state index contributed by atoms with van der Waals surface area (Å²) in [6, 6.07) is 5.34. The molecule has 0 saturated carbocycles. The van der Waals surface area contributed by atoms with Crippen molar-refractivity contribution in [3.8, 4) is 11.4 Å². The second-order valence-electron chi connectivity index (χ2n) is 4.47. The van der Waals surface area contributed by atoms with Gasteiger partial charge in [0.05, 0.1) is 17.1 Å². The van der Waals surface area contributed by atoms with Crippen molar-refractivity contribution in [1.29, 1.82) is 0 Å². The summed E-state index contributed by atoms with van der Waals surface area (Å²) >= 11 is 5.90. The minimum atomic E-state index is 0.514. The first-order valence-electron chi connectivity index (χ1n) is 6.06. The molecule has 2 heterocycles. The number of aryl methyl sites for hydroxylation is 1. The van der Waals surface area contributed by atoms with Gasteiger partial charge in [0.25, 0.3) is 0 Å². The topological polar surface area (TPSA) is 85.4 Å². The van der Waals surface area contributed by atoms with E-state index in [0.717, 1.165) is 17.2 Å². The minimum Gasteiger partial charge on any atom is -0.398 e. The second-order valence-corrected chi connectivity index (χ2v) is 4.88. The first kappa shape index (κ1) is 12.7. The van der Waals surface area contributed by atoms with Gasteiger partial charge in [-0.05, 0) is 18.2 Å². The van der Waals surface area contributed by atoms with Crippen LogP contribution in [0.3, 0.4) is 0 Å². The lowest BCUT2D eigenvalue weighted by molar-refractivity contribution is 0.797. The smallest absolute Gasteiger partial charge is 0.181 e. The van der Waals surface area contributed by atoms with Crippen molar-refractivity contribution < 1.29 is 0 Å². The molecule has 0 aliphatic heterocycles. The molecule has 3 aromatic rings. The van der Waals surface area contributed by atoms with Crippen LogP contribution in [0.15, 0.2) is 30.6 Å². The van der Waals surface area contributed by atoms with Crippen molar-refractivity contribution in [3.05, 3.63) is 47.3 Å². The quantitative estimate of drug-likeness (QED) is 0.722. The molecule has 7 heteroatoms. The number of nitrogens with zero attached hydrogens (tertiary/aromatic N) is 4. The van der Waals surface area contributed by atoms with Crippen molar-refractivity contribution in [2.75, 3.05) is 5.73 Å². The maximum Gasteiger partial charge on any atom is 0.181 e. The third-order valence-corrected chi connectivity index (χ3v) is 3.38. The van der Waals surface area contributed by atoms with Crippen LogP contribution in [-0.2, 0) is 13.5 Å². The zero-order valence-electron chi connectivity index (χ0n) is 10.8. The summed E-state index contributed by atoms with van der Waals surface area (Å²) in [6.07, 6.45) is 4.25. The molecule has 0 fully saturated rings. The highest BCUT2D eigenvalue weighted by atomic mass is 35.5. The molecule has 3 rings (SSSR count). The van der Waals surface area contributed by atoms with Gasteiger partial charge in [0.2, 0.25) is 0 Å². The molecule has 6 nitrogen and oxygen atoms in total. The summed E-state index contributed by atoms with van der Waals surface area (Å²) < 4.78 is 1.95. The molecule has 0 bridgehead atoms. The maximum atomic E-state index is 5.90. The lowest BCUT2D eigenvalue weighted by Crippen LogP contribution is -1.99. The van der Waals surface area contributed by atoms with Gasteiger partial charge in [0.1, 0.15) is 11.6 Å². The number of anilines is 1. The van der Waals surface area contributed by atoms with Crippen LogP contribution in [0.4, 0.5) is 5.69 Å². The van der Waals surface area contributed by atoms with E-state index in [1.807, 2.05) is 23.9 Å². The Hall–Kier alpha value is -2.34. The highest BCUT2D eigenvalue weighted by Gasteiger charge is 2.09. The summed E-state index contributed by atoms with van der Waals surface area (Å²) in [5.74, 6) is 2.27. The highest BCUT2D eigenvalue weighted by molar-refractivity contribution is 6.33. The van der Waals surface area contributed by atoms with E-state index in [1.54, 1.807) is 18.3 Å². The van der Waals surface area contributed by atoms with Crippen LogP contribution in [0, 0.1) is 0 Å². The molecular weight excluding hydrogens is 276 g/mol. The molecule has 0 amide bonds. The average molecular weight is 289 g/mol. The van der Waals surface area contributed by atoms with Crippen LogP contribution >= 0.6 is 11.6 Å². The van der Waals surface area contributed by atoms with E-state index < -0.39 is 0 Å². The standard InChI is InChI=1S/C13H13ClN6/c1-20-5-4-16-12(20)7-11-17-13(19-18-11)8-2-3-9(14)10(15)6-8/h2-6H,7,15H2,1H3,(H,17,18,19). The first-order valence-corrected chi connectivity index (χ1v) is 6.44. The van der Waals surface area contributed by atoms with Crippen LogP contribution < -0.4 is 5.73 Å². The van der Waals surface area contributed by atoms with Crippen molar-refractivity contribution in [2.45, 2.75) is 6.42 Å². The van der Waals surface area contributed by atoms with Gasteiger partial charge in [-0.3, -0.25) is 5.10 Å². The van der Waals surface area contributed by atoms with E-state index in [1.165, 1.54) is 0 Å². The summed E-state index contributed by atoms with van der Waals surface area (Å²) in [5, 5.41) is 7.64. The summed E-state index contributed by atoms with van der Waals surface area (Å²) in [7, 11) is 1.94. The van der Waals surface area contributed by atoms with Crippen molar-refractivity contribution in [3.63, 3.8) is 0 Å². The molecule has 1 aromatic carbocycles. The van der Waals surface area contributed by atoms with Gasteiger partial charge in [0.15, 0.2) is 5.82 Å². The highest BCUT2D eigenvalue weighted by Crippen LogP contribution is 2.24. The Morgan fingerprint density at radius 1 is 1.40 bits per heavy atom. The average Bonchev–Trinajstić information content (AvgIpc) is 3.04. The zero-order valence-corrected chi connectivity index (χ0v) is 11.6. The third-order valence-electron chi connectivity index (χ3n) is 3.03. The van der Waals surface area contributed by atoms with Gasteiger partial charge < -0.3 is 10.3 Å². The molecule has 3 N–H and O–H groups in total. The number of imidazole rings is 1. The summed E-state index contributed by atoms with van der Waals surface area (Å²) in [6.45, 7) is 0. The van der Waals surface area contributed by atoms with Crippen molar-refractivity contribution in [2.24, 2.45) is 7.05 Å². The molecule has 2 aromatic heterocycles. The summed E-state index contributed by atoms with van der Waals surface area (Å²) in [4.78, 5) is 8.71. The maximum absolute atomic E-state index is 5.90. The molecule has 0 radical (unpaired) electrons. The van der Waals surface area contributed by atoms with E-state index in [2.05, 4.69) is 20.2 Å². The van der Waals surface area contributed by atoms with Crippen LogP contribution in [0.2, 0.25) is 5.02 Å². The number of aromatic amines is 1. The number of halogens is 1. The van der Waals surface area contributed by atoms with Gasteiger partial charge in [-0.15, -0.1) is 0 Å². The van der Waals surface area contributed by atoms with Gasteiger partial charge in [-0.1, -0.05) is 11.6 Å². The third kappa shape index (κ3) is 2.37. The molecular formula is C13H13ClN6. The first-order chi connectivity index (χ1) is 9.63. The van der Waals surface area contributed by atoms with E-state index >= 15 is 0 Å². The number of nitrogens with one attached hydrogen (secondary N) is 1. The van der Waals surface area contributed by atoms with Crippen molar-refractivity contribution in [1.82, 2.24) is 24.7 Å². The van der Waals surface area contributed by atoms with Crippen molar-refractivity contribution >= 4 is 17.3 Å². The van der Waals surface area contributed by atoms with E-state index in [0.29, 0.717) is 23.0 Å². The number of rotatable bonds is 3. The molecule has 0 saturated heterocycles. The SMILES string of the molecule is Cn1ccnc1Cc1nc(-c2ccc(Cl)c(N)c2)n[nH]1. The Morgan fingerprint density at radius 2 is 2.25 bits per heavy atom. The predicted molar refractivity (Wildman–Crippen MR) is 77.3 cm³/mol. The summed E-state index contributed by atoms with van der Waals surface area (Å²) in [5.41, 5.74) is 7.12. The molecule has 20 heavy (non-hydrogen) atoms. The lowest BCUT2D eigenvalue weighted by Gasteiger charge is -2.00. The predicted octanol–water partition coefficient (Wildman–Crippen LogP) is 2.03. The normalized spacial score (nSPS) is 10.9. The van der Waals surface area contributed by atoms with Gasteiger partial charge in [-0.25, -0.2) is 9.97 Å². The second kappa shape index (κ2) is 4.97. The number of benzene rings is 1. The molecule has 0 aliphatic rings. The Labute approximate surface area is 120 Å². The number of hydrogen-bond donors (Lipinski definition) is 2. The fraction of sp³-hybridized carbons (Fsp3) is 0.154. The fourth-order valence-corrected chi connectivity index (χ4v) is 2.02. The Morgan fingerprint density at radius 3 is 2.95 bits per heavy atom. The minimum absolute atomic E-state index is 0.514.